The average Bonchev–Trinajstić information content (AvgIpc) is 2.67. The molecule has 1 saturated carbocycles. The van der Waals surface area contributed by atoms with Gasteiger partial charge in [0.25, 0.3) is 0 Å². The molecule has 0 aromatic rings. The molecule has 26 heavy (non-hydrogen) atoms. The Morgan fingerprint density at radius 3 is 2.54 bits per heavy atom. The SMILES string of the molecule is CCC1CCC(NC(=NC)NCCS(=O)(=O)NCC2CCCCO2)CC1. The minimum atomic E-state index is -3.30. The Kier molecular flexibility index (Phi) is 9.15. The first-order valence-corrected chi connectivity index (χ1v) is 11.7. The van der Waals surface area contributed by atoms with Crippen molar-refractivity contribution in [3.63, 3.8) is 0 Å². The number of aliphatic imine (C=N–C) groups is 1. The Morgan fingerprint density at radius 1 is 1.15 bits per heavy atom. The van der Waals surface area contributed by atoms with E-state index in [1.807, 2.05) is 0 Å². The van der Waals surface area contributed by atoms with Crippen LogP contribution in [0.1, 0.15) is 58.3 Å². The van der Waals surface area contributed by atoms with E-state index >= 15 is 0 Å². The van der Waals surface area contributed by atoms with Crippen LogP contribution in [0.2, 0.25) is 0 Å². The second-order valence-corrected chi connectivity index (χ2v) is 9.35. The van der Waals surface area contributed by atoms with E-state index in [2.05, 4.69) is 27.3 Å². The summed E-state index contributed by atoms with van der Waals surface area (Å²) in [6.45, 7) is 3.70. The Labute approximate surface area is 158 Å². The summed E-state index contributed by atoms with van der Waals surface area (Å²) in [7, 11) is -1.58. The third-order valence-corrected chi connectivity index (χ3v) is 6.80. The smallest absolute Gasteiger partial charge is 0.213 e. The zero-order valence-corrected chi connectivity index (χ0v) is 17.1. The van der Waals surface area contributed by atoms with Crippen LogP contribution in [0.3, 0.4) is 0 Å². The van der Waals surface area contributed by atoms with Crippen molar-refractivity contribution in [2.75, 3.05) is 32.5 Å². The summed E-state index contributed by atoms with van der Waals surface area (Å²) in [6, 6.07) is 0.433. The molecule has 1 aliphatic heterocycles. The predicted molar refractivity (Wildman–Crippen MR) is 106 cm³/mol. The highest BCUT2D eigenvalue weighted by Gasteiger charge is 2.21. The molecular formula is C18H36N4O3S. The molecule has 0 aromatic heterocycles. The van der Waals surface area contributed by atoms with E-state index in [1.54, 1.807) is 7.05 Å². The molecule has 1 unspecified atom stereocenters. The first-order chi connectivity index (χ1) is 12.5. The molecule has 0 aromatic carbocycles. The Bertz CT molecular complexity index is 525. The van der Waals surface area contributed by atoms with Crippen molar-refractivity contribution in [3.8, 4) is 0 Å². The molecule has 0 bridgehead atoms. The van der Waals surface area contributed by atoms with Gasteiger partial charge in [-0.3, -0.25) is 4.99 Å². The Hall–Kier alpha value is -0.860. The Morgan fingerprint density at radius 2 is 1.92 bits per heavy atom. The summed E-state index contributed by atoms with van der Waals surface area (Å²) >= 11 is 0. The monoisotopic (exact) mass is 388 g/mol. The van der Waals surface area contributed by atoms with Gasteiger partial charge < -0.3 is 15.4 Å². The van der Waals surface area contributed by atoms with Crippen LogP contribution in [0.25, 0.3) is 0 Å². The number of hydrogen-bond donors (Lipinski definition) is 3. The number of ether oxygens (including phenoxy) is 1. The lowest BCUT2D eigenvalue weighted by atomic mass is 9.84. The molecule has 1 saturated heterocycles. The number of nitrogens with zero attached hydrogens (tertiary/aromatic N) is 1. The third-order valence-electron chi connectivity index (χ3n) is 5.46. The summed E-state index contributed by atoms with van der Waals surface area (Å²) in [5.41, 5.74) is 0. The topological polar surface area (TPSA) is 91.8 Å². The molecule has 0 radical (unpaired) electrons. The van der Waals surface area contributed by atoms with E-state index in [-0.39, 0.29) is 11.9 Å². The molecule has 3 N–H and O–H groups in total. The van der Waals surface area contributed by atoms with Crippen LogP contribution in [-0.4, -0.2) is 59.0 Å². The quantitative estimate of drug-likeness (QED) is 0.434. The van der Waals surface area contributed by atoms with Gasteiger partial charge in [-0.2, -0.15) is 0 Å². The minimum Gasteiger partial charge on any atom is -0.377 e. The molecule has 1 aliphatic carbocycles. The van der Waals surface area contributed by atoms with Crippen molar-refractivity contribution in [2.45, 2.75) is 70.4 Å². The van der Waals surface area contributed by atoms with Crippen molar-refractivity contribution < 1.29 is 13.2 Å². The number of nitrogens with one attached hydrogen (secondary N) is 3. The van der Waals surface area contributed by atoms with Gasteiger partial charge in [0.05, 0.1) is 11.9 Å². The van der Waals surface area contributed by atoms with E-state index in [9.17, 15) is 8.42 Å². The van der Waals surface area contributed by atoms with Crippen LogP contribution < -0.4 is 15.4 Å². The lowest BCUT2D eigenvalue weighted by Crippen LogP contribution is -2.46. The maximum Gasteiger partial charge on any atom is 0.213 e. The number of guanidine groups is 1. The van der Waals surface area contributed by atoms with E-state index in [4.69, 9.17) is 4.74 Å². The number of rotatable bonds is 8. The van der Waals surface area contributed by atoms with Gasteiger partial charge in [0.15, 0.2) is 5.96 Å². The molecule has 8 heteroatoms. The highest BCUT2D eigenvalue weighted by Crippen LogP contribution is 2.26. The lowest BCUT2D eigenvalue weighted by Gasteiger charge is -2.29. The van der Waals surface area contributed by atoms with Crippen molar-refractivity contribution in [2.24, 2.45) is 10.9 Å². The summed E-state index contributed by atoms with van der Waals surface area (Å²) in [4.78, 5) is 4.22. The number of sulfonamides is 1. The van der Waals surface area contributed by atoms with Gasteiger partial charge in [-0.1, -0.05) is 13.3 Å². The second-order valence-electron chi connectivity index (χ2n) is 7.43. The lowest BCUT2D eigenvalue weighted by molar-refractivity contribution is 0.0200. The fourth-order valence-corrected chi connectivity index (χ4v) is 4.62. The largest absolute Gasteiger partial charge is 0.377 e. The highest BCUT2D eigenvalue weighted by molar-refractivity contribution is 7.89. The summed E-state index contributed by atoms with van der Waals surface area (Å²) in [6.07, 6.45) is 9.20. The first kappa shape index (κ1) is 21.4. The molecule has 2 aliphatic rings. The fourth-order valence-electron chi connectivity index (χ4n) is 3.67. The van der Waals surface area contributed by atoms with Gasteiger partial charge in [-0.05, 0) is 50.9 Å². The molecule has 152 valence electrons. The van der Waals surface area contributed by atoms with Gasteiger partial charge in [0.2, 0.25) is 10.0 Å². The summed E-state index contributed by atoms with van der Waals surface area (Å²) in [5, 5.41) is 6.55. The average molecular weight is 389 g/mol. The standard InChI is InChI=1S/C18H36N4O3S/c1-3-15-7-9-16(10-8-15)22-18(19-2)20-11-13-26(23,24)21-14-17-6-4-5-12-25-17/h15-17,21H,3-14H2,1-2H3,(H2,19,20,22). The van der Waals surface area contributed by atoms with Crippen molar-refractivity contribution in [1.82, 2.24) is 15.4 Å². The van der Waals surface area contributed by atoms with Crippen LogP contribution >= 0.6 is 0 Å². The summed E-state index contributed by atoms with van der Waals surface area (Å²) in [5.74, 6) is 1.58. The number of hydrogen-bond acceptors (Lipinski definition) is 4. The first-order valence-electron chi connectivity index (χ1n) is 10.1. The summed E-state index contributed by atoms with van der Waals surface area (Å²) < 4.78 is 32.5. The van der Waals surface area contributed by atoms with Crippen molar-refractivity contribution in [3.05, 3.63) is 0 Å². The molecule has 7 nitrogen and oxygen atoms in total. The fraction of sp³-hybridized carbons (Fsp3) is 0.944. The van der Waals surface area contributed by atoms with E-state index < -0.39 is 10.0 Å². The third kappa shape index (κ3) is 7.80. The zero-order valence-electron chi connectivity index (χ0n) is 16.3. The molecule has 1 atom stereocenters. The Balaban J connectivity index is 1.64. The molecule has 2 fully saturated rings. The van der Waals surface area contributed by atoms with Gasteiger partial charge in [0, 0.05) is 32.8 Å². The van der Waals surface area contributed by atoms with Gasteiger partial charge >= 0.3 is 0 Å². The second kappa shape index (κ2) is 11.1. The van der Waals surface area contributed by atoms with E-state index in [1.165, 1.54) is 19.3 Å². The molecular weight excluding hydrogens is 352 g/mol. The van der Waals surface area contributed by atoms with Crippen molar-refractivity contribution in [1.29, 1.82) is 0 Å². The molecule has 0 spiro atoms. The minimum absolute atomic E-state index is 0.0131. The van der Waals surface area contributed by atoms with Crippen LogP contribution in [0, 0.1) is 5.92 Å². The molecule has 1 heterocycles. The van der Waals surface area contributed by atoms with Crippen LogP contribution in [0.5, 0.6) is 0 Å². The molecule has 2 rings (SSSR count). The normalized spacial score (nSPS) is 27.9. The van der Waals surface area contributed by atoms with Gasteiger partial charge in [-0.25, -0.2) is 13.1 Å². The zero-order chi connectivity index (χ0) is 18.8. The van der Waals surface area contributed by atoms with Crippen molar-refractivity contribution >= 4 is 16.0 Å². The van der Waals surface area contributed by atoms with Crippen LogP contribution in [0.15, 0.2) is 4.99 Å². The van der Waals surface area contributed by atoms with Crippen LogP contribution in [0.4, 0.5) is 0 Å². The van der Waals surface area contributed by atoms with Gasteiger partial charge in [0.1, 0.15) is 0 Å². The van der Waals surface area contributed by atoms with Crippen LogP contribution in [-0.2, 0) is 14.8 Å². The maximum absolute atomic E-state index is 12.1. The predicted octanol–water partition coefficient (Wildman–Crippen LogP) is 1.61. The van der Waals surface area contributed by atoms with E-state index in [0.717, 1.165) is 44.6 Å². The molecule has 0 amide bonds. The van der Waals surface area contributed by atoms with Gasteiger partial charge in [-0.15, -0.1) is 0 Å². The highest BCUT2D eigenvalue weighted by atomic mass is 32.2. The van der Waals surface area contributed by atoms with E-state index in [0.29, 0.717) is 25.1 Å². The maximum atomic E-state index is 12.1.